The number of hydrogen-bond donors (Lipinski definition) is 0. The fraction of sp³-hybridized carbons (Fsp3) is 0.176. The Labute approximate surface area is 148 Å². The van der Waals surface area contributed by atoms with Crippen LogP contribution >= 0.6 is 0 Å². The quantitative estimate of drug-likeness (QED) is 0.223. The highest BCUT2D eigenvalue weighted by Gasteiger charge is 2.34. The van der Waals surface area contributed by atoms with Crippen LogP contribution in [0.25, 0.3) is 20.9 Å². The lowest BCUT2D eigenvalue weighted by Crippen LogP contribution is -2.22. The predicted octanol–water partition coefficient (Wildman–Crippen LogP) is 4.79. The number of rotatable bonds is 8. The topological polar surface area (TPSA) is 136 Å². The lowest BCUT2D eigenvalue weighted by atomic mass is 9.84. The summed E-state index contributed by atoms with van der Waals surface area (Å²) in [4.78, 5) is 17.0. The normalized spacial score (nSPS) is 11.8. The Kier molecular flexibility index (Phi) is 6.18. The molecule has 9 nitrogen and oxygen atoms in total. The highest BCUT2D eigenvalue weighted by Crippen LogP contribution is 2.34. The summed E-state index contributed by atoms with van der Waals surface area (Å²) in [6, 6.07) is 13.3. The molecule has 0 amide bonds. The second-order valence-corrected chi connectivity index (χ2v) is 5.06. The van der Waals surface area contributed by atoms with Crippen LogP contribution in [0.2, 0.25) is 0 Å². The molecule has 0 fully saturated rings. The fourth-order valence-electron chi connectivity index (χ4n) is 2.35. The van der Waals surface area contributed by atoms with Gasteiger partial charge in [0, 0.05) is 15.4 Å². The van der Waals surface area contributed by atoms with E-state index in [2.05, 4.69) is 31.1 Å². The predicted molar refractivity (Wildman–Crippen MR) is 95.8 cm³/mol. The van der Waals surface area contributed by atoms with Gasteiger partial charge in [-0.25, -0.2) is 0 Å². The lowest BCUT2D eigenvalue weighted by Gasteiger charge is -2.22. The lowest BCUT2D eigenvalue weighted by molar-refractivity contribution is 0.329. The average Bonchev–Trinajstić information content (AvgIpc) is 2.70. The van der Waals surface area contributed by atoms with Gasteiger partial charge in [-0.05, 0) is 39.5 Å². The van der Waals surface area contributed by atoms with Crippen molar-refractivity contribution >= 4 is 0 Å². The van der Waals surface area contributed by atoms with Crippen LogP contribution in [0.4, 0.5) is 0 Å². The Morgan fingerprint density at radius 1 is 1.00 bits per heavy atom. The summed E-state index contributed by atoms with van der Waals surface area (Å²) in [5, 5.41) is 9.96. The Bertz CT molecular complexity index is 906. The maximum absolute atomic E-state index is 11.7. The summed E-state index contributed by atoms with van der Waals surface area (Å²) in [7, 11) is 0. The molecule has 0 aliphatic heterocycles. The van der Waals surface area contributed by atoms with Gasteiger partial charge in [0.15, 0.2) is 6.73 Å². The summed E-state index contributed by atoms with van der Waals surface area (Å²) in [5.74, 6) is 2.92. The minimum absolute atomic E-state index is 0.144. The highest BCUT2D eigenvalue weighted by molar-refractivity contribution is 5.48. The molecule has 0 heterocycles. The van der Waals surface area contributed by atoms with E-state index in [-0.39, 0.29) is 13.3 Å². The van der Waals surface area contributed by atoms with Gasteiger partial charge in [-0.3, -0.25) is 0 Å². The number of ether oxygens (including phenoxy) is 1. The number of nitrogens with zero attached hydrogens (tertiary/aromatic N) is 7. The van der Waals surface area contributed by atoms with Gasteiger partial charge < -0.3 is 4.74 Å². The van der Waals surface area contributed by atoms with Crippen LogP contribution in [0.15, 0.2) is 63.9 Å². The molecule has 9 heteroatoms. The van der Waals surface area contributed by atoms with Crippen LogP contribution < -0.4 is 4.74 Å². The third kappa shape index (κ3) is 3.91. The Balaban J connectivity index is 2.34. The summed E-state index contributed by atoms with van der Waals surface area (Å²) in [6.07, 6.45) is 5.64. The van der Waals surface area contributed by atoms with Gasteiger partial charge >= 0.3 is 0 Å². The zero-order valence-electron chi connectivity index (χ0n) is 13.6. The molecule has 2 aromatic rings. The van der Waals surface area contributed by atoms with Crippen molar-refractivity contribution in [1.29, 1.82) is 0 Å². The van der Waals surface area contributed by atoms with Gasteiger partial charge in [0.2, 0.25) is 5.54 Å². The van der Waals surface area contributed by atoms with E-state index in [1.807, 2.05) is 0 Å². The molecule has 0 saturated heterocycles. The molecule has 0 radical (unpaired) electrons. The van der Waals surface area contributed by atoms with Crippen LogP contribution in [-0.2, 0) is 12.1 Å². The molecule has 26 heavy (non-hydrogen) atoms. The van der Waals surface area contributed by atoms with Crippen molar-refractivity contribution in [2.75, 3.05) is 6.73 Å². The molecule has 0 bridgehead atoms. The standard InChI is InChI=1S/C17H13N7O2/c1-2-17(22-25,14-5-3-13(4-6-14)11-20-23-18)15-7-9-16(10-8-15)26-12-21-24-19/h1,3-10H,11-12H2. The maximum Gasteiger partial charge on any atom is 0.212 e. The molecular weight excluding hydrogens is 334 g/mol. The molecule has 1 unspecified atom stereocenters. The summed E-state index contributed by atoms with van der Waals surface area (Å²) in [6.45, 7) is 0.0558. The molecule has 0 spiro atoms. The number of terminal acetylenes is 1. The SMILES string of the molecule is C#CC(N=O)(c1ccc(CN=[N+]=[N-])cc1)c1ccc(OCN=[N+]=[N-])cc1. The van der Waals surface area contributed by atoms with E-state index in [1.54, 1.807) is 48.5 Å². The second-order valence-electron chi connectivity index (χ2n) is 5.06. The van der Waals surface area contributed by atoms with E-state index >= 15 is 0 Å². The summed E-state index contributed by atoms with van der Waals surface area (Å²) >= 11 is 0. The van der Waals surface area contributed by atoms with E-state index in [0.29, 0.717) is 16.9 Å². The first-order valence-corrected chi connectivity index (χ1v) is 7.37. The molecule has 0 aromatic heterocycles. The number of azide groups is 2. The van der Waals surface area contributed by atoms with E-state index < -0.39 is 5.54 Å². The van der Waals surface area contributed by atoms with Gasteiger partial charge in [-0.2, -0.15) is 0 Å². The van der Waals surface area contributed by atoms with Crippen LogP contribution in [0.5, 0.6) is 5.75 Å². The number of benzene rings is 2. The fourth-order valence-corrected chi connectivity index (χ4v) is 2.35. The van der Waals surface area contributed by atoms with Crippen LogP contribution in [0, 0.1) is 17.3 Å². The van der Waals surface area contributed by atoms with Crippen LogP contribution in [-0.4, -0.2) is 6.73 Å². The van der Waals surface area contributed by atoms with Gasteiger partial charge in [0.1, 0.15) is 5.75 Å². The van der Waals surface area contributed by atoms with Crippen molar-refractivity contribution in [3.8, 4) is 18.1 Å². The van der Waals surface area contributed by atoms with Crippen LogP contribution in [0.3, 0.4) is 0 Å². The Hall–Kier alpha value is -3.98. The molecule has 0 aliphatic rings. The molecule has 2 aromatic carbocycles. The van der Waals surface area contributed by atoms with E-state index in [0.717, 1.165) is 5.56 Å². The smallest absolute Gasteiger partial charge is 0.212 e. The number of hydrogen-bond acceptors (Lipinski definition) is 5. The third-order valence-electron chi connectivity index (χ3n) is 3.66. The second kappa shape index (κ2) is 8.76. The monoisotopic (exact) mass is 347 g/mol. The molecule has 2 rings (SSSR count). The van der Waals surface area contributed by atoms with Crippen LogP contribution in [0.1, 0.15) is 16.7 Å². The van der Waals surface area contributed by atoms with Gasteiger partial charge in [0.25, 0.3) is 0 Å². The first-order chi connectivity index (χ1) is 12.7. The van der Waals surface area contributed by atoms with Gasteiger partial charge in [-0.15, -0.1) is 11.3 Å². The van der Waals surface area contributed by atoms with Crippen molar-refractivity contribution < 1.29 is 4.74 Å². The average molecular weight is 347 g/mol. The highest BCUT2D eigenvalue weighted by atomic mass is 16.5. The molecule has 0 aliphatic carbocycles. The van der Waals surface area contributed by atoms with Crippen molar-refractivity contribution in [1.82, 2.24) is 0 Å². The van der Waals surface area contributed by atoms with E-state index in [1.165, 1.54) is 0 Å². The largest absolute Gasteiger partial charge is 0.488 e. The third-order valence-corrected chi connectivity index (χ3v) is 3.66. The zero-order valence-corrected chi connectivity index (χ0v) is 13.6. The summed E-state index contributed by atoms with van der Waals surface area (Å²) < 4.78 is 5.22. The first kappa shape index (κ1) is 18.4. The Morgan fingerprint density at radius 3 is 2.08 bits per heavy atom. The van der Waals surface area contributed by atoms with Crippen molar-refractivity contribution in [3.63, 3.8) is 0 Å². The first-order valence-electron chi connectivity index (χ1n) is 7.37. The minimum Gasteiger partial charge on any atom is -0.488 e. The molecule has 128 valence electrons. The van der Waals surface area contributed by atoms with E-state index in [4.69, 9.17) is 22.2 Å². The van der Waals surface area contributed by atoms with Gasteiger partial charge in [-0.1, -0.05) is 52.5 Å². The molecular formula is C17H13N7O2. The van der Waals surface area contributed by atoms with E-state index in [9.17, 15) is 4.91 Å². The van der Waals surface area contributed by atoms with Crippen molar-refractivity contribution in [2.45, 2.75) is 12.1 Å². The minimum atomic E-state index is -1.50. The van der Waals surface area contributed by atoms with Crippen molar-refractivity contribution in [2.24, 2.45) is 15.4 Å². The molecule has 0 saturated carbocycles. The molecule has 1 atom stereocenters. The number of nitroso groups, excluding NO2 is 1. The van der Waals surface area contributed by atoms with Gasteiger partial charge in [0.05, 0.1) is 6.54 Å². The zero-order chi connectivity index (χ0) is 18.8. The maximum atomic E-state index is 11.7. The summed E-state index contributed by atoms with van der Waals surface area (Å²) in [5.41, 5.74) is 16.9. The molecule has 0 N–H and O–H groups in total. The van der Waals surface area contributed by atoms with Crippen molar-refractivity contribution in [3.05, 3.63) is 91.0 Å². The Morgan fingerprint density at radius 2 is 1.58 bits per heavy atom.